The molecule has 0 aromatic carbocycles. The van der Waals surface area contributed by atoms with Gasteiger partial charge in [0.25, 0.3) is 0 Å². The maximum Gasteiger partial charge on any atom is 0.191 e. The molecule has 2 N–H and O–H groups in total. The second-order valence-corrected chi connectivity index (χ2v) is 7.64. The Labute approximate surface area is 173 Å². The van der Waals surface area contributed by atoms with Gasteiger partial charge < -0.3 is 10.6 Å². The van der Waals surface area contributed by atoms with Crippen molar-refractivity contribution >= 4 is 35.6 Å². The summed E-state index contributed by atoms with van der Waals surface area (Å²) in [6.07, 6.45) is 7.76. The minimum Gasteiger partial charge on any atom is -0.357 e. The Morgan fingerprint density at radius 3 is 2.77 bits per heavy atom. The highest BCUT2D eigenvalue weighted by molar-refractivity contribution is 14.0. The molecule has 26 heavy (non-hydrogen) atoms. The smallest absolute Gasteiger partial charge is 0.191 e. The van der Waals surface area contributed by atoms with Gasteiger partial charge in [-0.25, -0.2) is 0 Å². The predicted octanol–water partition coefficient (Wildman–Crippen LogP) is 3.41. The molecule has 0 aliphatic heterocycles. The monoisotopic (exact) mass is 470 g/mol. The van der Waals surface area contributed by atoms with Crippen LogP contribution in [-0.2, 0) is 6.42 Å². The molecular weight excluding hydrogens is 439 g/mol. The van der Waals surface area contributed by atoms with Gasteiger partial charge in [0.2, 0.25) is 0 Å². The number of guanidine groups is 1. The van der Waals surface area contributed by atoms with E-state index >= 15 is 0 Å². The van der Waals surface area contributed by atoms with Crippen molar-refractivity contribution in [3.63, 3.8) is 0 Å². The maximum atomic E-state index is 4.74. The zero-order chi connectivity index (χ0) is 17.7. The molecule has 0 amide bonds. The van der Waals surface area contributed by atoms with Crippen LogP contribution in [0.15, 0.2) is 29.4 Å². The fraction of sp³-hybridized carbons (Fsp3) is 0.632. The number of pyridine rings is 1. The van der Waals surface area contributed by atoms with Crippen molar-refractivity contribution in [2.75, 3.05) is 13.1 Å². The summed E-state index contributed by atoms with van der Waals surface area (Å²) in [6.45, 7) is 8.41. The van der Waals surface area contributed by atoms with Gasteiger partial charge in [-0.05, 0) is 50.2 Å². The highest BCUT2D eigenvalue weighted by Crippen LogP contribution is 2.34. The molecule has 1 saturated carbocycles. The van der Waals surface area contributed by atoms with Crippen molar-refractivity contribution in [2.45, 2.75) is 58.9 Å². The summed E-state index contributed by atoms with van der Waals surface area (Å²) in [5.74, 6) is 1.87. The molecular formula is C19H31IN6. The summed E-state index contributed by atoms with van der Waals surface area (Å²) >= 11 is 0. The third kappa shape index (κ3) is 5.56. The van der Waals surface area contributed by atoms with E-state index in [-0.39, 0.29) is 24.0 Å². The first-order chi connectivity index (χ1) is 12.1. The fourth-order valence-corrected chi connectivity index (χ4v) is 3.39. The molecule has 0 atom stereocenters. The summed E-state index contributed by atoms with van der Waals surface area (Å²) in [6, 6.07) is 6.47. The van der Waals surface area contributed by atoms with Crippen molar-refractivity contribution in [1.82, 2.24) is 25.2 Å². The van der Waals surface area contributed by atoms with E-state index in [4.69, 9.17) is 4.99 Å². The van der Waals surface area contributed by atoms with E-state index in [0.29, 0.717) is 18.0 Å². The molecule has 0 bridgehead atoms. The van der Waals surface area contributed by atoms with Crippen molar-refractivity contribution in [3.05, 3.63) is 30.2 Å². The number of hydrogen-bond donors (Lipinski definition) is 2. The minimum absolute atomic E-state index is 0. The Bertz CT molecular complexity index is 714. The number of rotatable bonds is 5. The molecule has 2 aromatic heterocycles. The molecule has 1 aliphatic carbocycles. The van der Waals surface area contributed by atoms with Crippen LogP contribution in [0.1, 0.15) is 52.3 Å². The topological polar surface area (TPSA) is 66.6 Å². The van der Waals surface area contributed by atoms with Gasteiger partial charge in [-0.2, -0.15) is 0 Å². The Hall–Kier alpha value is -1.38. The Kier molecular flexibility index (Phi) is 7.67. The average molecular weight is 470 g/mol. The summed E-state index contributed by atoms with van der Waals surface area (Å²) < 4.78 is 2.03. The number of nitrogens with one attached hydrogen (secondary N) is 2. The highest BCUT2D eigenvalue weighted by atomic mass is 127. The first-order valence-corrected chi connectivity index (χ1v) is 9.41. The number of halogens is 1. The van der Waals surface area contributed by atoms with Crippen LogP contribution in [0.2, 0.25) is 0 Å². The van der Waals surface area contributed by atoms with E-state index in [2.05, 4.69) is 41.6 Å². The van der Waals surface area contributed by atoms with E-state index in [1.807, 2.05) is 28.8 Å². The molecule has 0 radical (unpaired) electrons. The Balaban J connectivity index is 0.00000243. The number of aromatic nitrogens is 3. The van der Waals surface area contributed by atoms with Crippen LogP contribution in [0, 0.1) is 5.41 Å². The maximum absolute atomic E-state index is 4.74. The second kappa shape index (κ2) is 9.53. The lowest BCUT2D eigenvalue weighted by Gasteiger charge is -2.35. The fourth-order valence-electron chi connectivity index (χ4n) is 3.39. The molecule has 3 rings (SSSR count). The molecule has 7 heteroatoms. The Morgan fingerprint density at radius 2 is 2.04 bits per heavy atom. The first-order valence-electron chi connectivity index (χ1n) is 9.41. The largest absolute Gasteiger partial charge is 0.357 e. The molecule has 144 valence electrons. The first kappa shape index (κ1) is 20.9. The van der Waals surface area contributed by atoms with Gasteiger partial charge in [0.1, 0.15) is 5.82 Å². The van der Waals surface area contributed by atoms with Gasteiger partial charge >= 0.3 is 0 Å². The minimum atomic E-state index is 0. The molecule has 0 saturated heterocycles. The van der Waals surface area contributed by atoms with Crippen LogP contribution >= 0.6 is 24.0 Å². The average Bonchev–Trinajstić information content (AvgIpc) is 3.00. The van der Waals surface area contributed by atoms with E-state index in [1.54, 1.807) is 0 Å². The molecule has 2 heterocycles. The van der Waals surface area contributed by atoms with Crippen LogP contribution in [0.3, 0.4) is 0 Å². The number of fused-ring (bicyclic) bond motifs is 1. The van der Waals surface area contributed by atoms with Gasteiger partial charge in [0.05, 0.1) is 0 Å². The number of nitrogens with zero attached hydrogens (tertiary/aromatic N) is 4. The van der Waals surface area contributed by atoms with Crippen LogP contribution in [-0.4, -0.2) is 39.7 Å². The molecule has 2 aromatic rings. The summed E-state index contributed by atoms with van der Waals surface area (Å²) in [5.41, 5.74) is 1.37. The molecule has 1 fully saturated rings. The zero-order valence-corrected chi connectivity index (χ0v) is 18.4. The Morgan fingerprint density at radius 1 is 1.27 bits per heavy atom. The normalized spacial score (nSPS) is 17.7. The van der Waals surface area contributed by atoms with Gasteiger partial charge in [-0.1, -0.05) is 19.9 Å². The lowest BCUT2D eigenvalue weighted by Crippen LogP contribution is -2.45. The van der Waals surface area contributed by atoms with Gasteiger partial charge in [0, 0.05) is 31.7 Å². The predicted molar refractivity (Wildman–Crippen MR) is 117 cm³/mol. The molecule has 1 aliphatic rings. The van der Waals surface area contributed by atoms with Crippen molar-refractivity contribution in [1.29, 1.82) is 0 Å². The molecule has 6 nitrogen and oxygen atoms in total. The molecule has 0 spiro atoms. The molecule has 0 unspecified atom stereocenters. The summed E-state index contributed by atoms with van der Waals surface area (Å²) in [4.78, 5) is 4.74. The van der Waals surface area contributed by atoms with E-state index in [1.165, 1.54) is 25.7 Å². The number of hydrogen-bond acceptors (Lipinski definition) is 3. The van der Waals surface area contributed by atoms with Crippen LogP contribution < -0.4 is 10.6 Å². The van der Waals surface area contributed by atoms with E-state index in [0.717, 1.165) is 30.4 Å². The summed E-state index contributed by atoms with van der Waals surface area (Å²) in [5, 5.41) is 15.4. The third-order valence-electron chi connectivity index (χ3n) is 5.01. The quantitative estimate of drug-likeness (QED) is 0.400. The summed E-state index contributed by atoms with van der Waals surface area (Å²) in [7, 11) is 0. The van der Waals surface area contributed by atoms with Crippen LogP contribution in [0.25, 0.3) is 5.65 Å². The van der Waals surface area contributed by atoms with Gasteiger partial charge in [0.15, 0.2) is 11.6 Å². The standard InChI is InChI=1S/C19H30N6.HI/c1-4-20-18(22-15-8-11-19(2,3)12-9-15)21-13-10-17-24-23-16-7-5-6-14-25(16)17;/h5-7,14-15H,4,8-13H2,1-3H3,(H2,20,21,22);1H. The highest BCUT2D eigenvalue weighted by Gasteiger charge is 2.27. The lowest BCUT2D eigenvalue weighted by atomic mass is 9.75. The van der Waals surface area contributed by atoms with Crippen molar-refractivity contribution in [3.8, 4) is 0 Å². The number of aliphatic imine (C=N–C) groups is 1. The lowest BCUT2D eigenvalue weighted by molar-refractivity contribution is 0.216. The van der Waals surface area contributed by atoms with Crippen LogP contribution in [0.5, 0.6) is 0 Å². The van der Waals surface area contributed by atoms with Gasteiger partial charge in [-0.15, -0.1) is 34.2 Å². The van der Waals surface area contributed by atoms with E-state index in [9.17, 15) is 0 Å². The van der Waals surface area contributed by atoms with Gasteiger partial charge in [-0.3, -0.25) is 9.39 Å². The second-order valence-electron chi connectivity index (χ2n) is 7.64. The van der Waals surface area contributed by atoms with Crippen LogP contribution in [0.4, 0.5) is 0 Å². The SMILES string of the molecule is CCNC(=NCCc1nnc2ccccn12)NC1CCC(C)(C)CC1.I. The third-order valence-corrected chi connectivity index (χ3v) is 5.01. The van der Waals surface area contributed by atoms with E-state index < -0.39 is 0 Å². The zero-order valence-electron chi connectivity index (χ0n) is 16.0. The van der Waals surface area contributed by atoms with Crippen molar-refractivity contribution in [2.24, 2.45) is 10.4 Å². The van der Waals surface area contributed by atoms with Crippen molar-refractivity contribution < 1.29 is 0 Å².